The van der Waals surface area contributed by atoms with Crippen molar-refractivity contribution < 1.29 is 8.42 Å². The molecule has 23 heavy (non-hydrogen) atoms. The molecule has 3 aromatic rings. The molecular weight excluding hydrogens is 374 g/mol. The standard InChI is InChI=1S/C14H12ClN3O2S3/c1-18(23(19,20)11-3-2-6-22-11)13-9(15)5-4-8-7-10(14(16)21)17-12(8)13/h2-7,17H,1H3,(H2,16,21). The molecule has 0 atom stereocenters. The third-order valence-electron chi connectivity index (χ3n) is 3.41. The highest BCUT2D eigenvalue weighted by molar-refractivity contribution is 7.94. The lowest BCUT2D eigenvalue weighted by molar-refractivity contribution is 0.596. The molecule has 0 aliphatic heterocycles. The Kier molecular flexibility index (Phi) is 4.09. The van der Waals surface area contributed by atoms with Crippen LogP contribution in [-0.2, 0) is 10.0 Å². The first kappa shape index (κ1) is 16.3. The maximum Gasteiger partial charge on any atom is 0.273 e. The fraction of sp³-hybridized carbons (Fsp3) is 0.0714. The third kappa shape index (κ3) is 2.72. The number of anilines is 1. The van der Waals surface area contributed by atoms with Gasteiger partial charge in [0.05, 0.1) is 21.9 Å². The molecule has 9 heteroatoms. The summed E-state index contributed by atoms with van der Waals surface area (Å²) in [7, 11) is -2.22. The Morgan fingerprint density at radius 3 is 2.74 bits per heavy atom. The van der Waals surface area contributed by atoms with E-state index in [0.29, 0.717) is 21.9 Å². The van der Waals surface area contributed by atoms with E-state index in [9.17, 15) is 8.42 Å². The first-order chi connectivity index (χ1) is 10.8. The number of nitrogens with one attached hydrogen (secondary N) is 1. The summed E-state index contributed by atoms with van der Waals surface area (Å²) in [5.74, 6) is 0. The number of sulfonamides is 1. The molecule has 0 unspecified atom stereocenters. The third-order valence-corrected chi connectivity index (χ3v) is 7.07. The number of hydrogen-bond acceptors (Lipinski definition) is 4. The molecule has 0 saturated carbocycles. The zero-order valence-corrected chi connectivity index (χ0v) is 15.1. The van der Waals surface area contributed by atoms with Crippen molar-refractivity contribution in [3.05, 3.63) is 46.4 Å². The highest BCUT2D eigenvalue weighted by Crippen LogP contribution is 2.37. The Labute approximate surface area is 147 Å². The van der Waals surface area contributed by atoms with Crippen LogP contribution in [0.25, 0.3) is 10.9 Å². The first-order valence-corrected chi connectivity index (χ1v) is 9.56. The summed E-state index contributed by atoms with van der Waals surface area (Å²) in [6.07, 6.45) is 0. The van der Waals surface area contributed by atoms with Gasteiger partial charge in [-0.15, -0.1) is 11.3 Å². The highest BCUT2D eigenvalue weighted by atomic mass is 35.5. The van der Waals surface area contributed by atoms with Crippen molar-refractivity contribution in [2.75, 3.05) is 11.4 Å². The fourth-order valence-corrected chi connectivity index (χ4v) is 5.10. The predicted octanol–water partition coefficient (Wildman–Crippen LogP) is 3.34. The molecule has 3 rings (SSSR count). The Balaban J connectivity index is 2.23. The van der Waals surface area contributed by atoms with Crippen LogP contribution in [0, 0.1) is 0 Å². The Morgan fingerprint density at radius 2 is 2.13 bits per heavy atom. The molecule has 0 aliphatic rings. The molecule has 0 fully saturated rings. The molecule has 0 amide bonds. The van der Waals surface area contributed by atoms with Gasteiger partial charge in [-0.1, -0.05) is 36.0 Å². The molecule has 0 saturated heterocycles. The number of aromatic amines is 1. The molecule has 0 radical (unpaired) electrons. The first-order valence-electron chi connectivity index (χ1n) is 6.46. The minimum Gasteiger partial charge on any atom is -0.388 e. The molecule has 5 nitrogen and oxygen atoms in total. The number of benzene rings is 1. The molecule has 2 heterocycles. The molecule has 0 bridgehead atoms. The second kappa shape index (κ2) is 5.79. The van der Waals surface area contributed by atoms with Gasteiger partial charge >= 0.3 is 0 Å². The van der Waals surface area contributed by atoms with Gasteiger partial charge in [-0.25, -0.2) is 8.42 Å². The summed E-state index contributed by atoms with van der Waals surface area (Å²) in [4.78, 5) is 3.25. The smallest absolute Gasteiger partial charge is 0.273 e. The van der Waals surface area contributed by atoms with Crippen molar-refractivity contribution in [2.45, 2.75) is 4.21 Å². The van der Waals surface area contributed by atoms with Crippen LogP contribution in [0.2, 0.25) is 5.02 Å². The lowest BCUT2D eigenvalue weighted by atomic mass is 10.2. The number of fused-ring (bicyclic) bond motifs is 1. The maximum absolute atomic E-state index is 12.7. The predicted molar refractivity (Wildman–Crippen MR) is 99.1 cm³/mol. The molecule has 0 spiro atoms. The molecule has 2 aromatic heterocycles. The van der Waals surface area contributed by atoms with Crippen molar-refractivity contribution in [1.82, 2.24) is 4.98 Å². The van der Waals surface area contributed by atoms with E-state index in [0.717, 1.165) is 16.7 Å². The van der Waals surface area contributed by atoms with E-state index in [-0.39, 0.29) is 9.20 Å². The SMILES string of the molecule is CN(c1c(Cl)ccc2cc(C(N)=S)[nH]c12)S(=O)(=O)c1cccs1. The van der Waals surface area contributed by atoms with E-state index in [1.54, 1.807) is 35.7 Å². The Hall–Kier alpha value is -1.61. The summed E-state index contributed by atoms with van der Waals surface area (Å²) in [5.41, 5.74) is 7.13. The summed E-state index contributed by atoms with van der Waals surface area (Å²) in [6, 6.07) is 8.44. The number of aromatic nitrogens is 1. The Morgan fingerprint density at radius 1 is 1.39 bits per heavy atom. The van der Waals surface area contributed by atoms with Gasteiger partial charge in [-0.05, 0) is 23.6 Å². The van der Waals surface area contributed by atoms with Crippen LogP contribution >= 0.6 is 35.2 Å². The second-order valence-electron chi connectivity index (χ2n) is 4.81. The number of thiophene rings is 1. The van der Waals surface area contributed by atoms with Gasteiger partial charge in [0.25, 0.3) is 10.0 Å². The zero-order valence-electron chi connectivity index (χ0n) is 11.9. The number of H-pyrrole nitrogens is 1. The lowest BCUT2D eigenvalue weighted by Crippen LogP contribution is -2.26. The van der Waals surface area contributed by atoms with Crippen LogP contribution < -0.4 is 10.0 Å². The van der Waals surface area contributed by atoms with Crippen molar-refractivity contribution in [1.29, 1.82) is 0 Å². The minimum atomic E-state index is -3.69. The van der Waals surface area contributed by atoms with Gasteiger partial charge in [0.15, 0.2) is 0 Å². The number of hydrogen-bond donors (Lipinski definition) is 2. The van der Waals surface area contributed by atoms with Crippen molar-refractivity contribution in [3.63, 3.8) is 0 Å². The van der Waals surface area contributed by atoms with E-state index in [1.165, 1.54) is 11.4 Å². The van der Waals surface area contributed by atoms with Gasteiger partial charge in [-0.3, -0.25) is 4.31 Å². The van der Waals surface area contributed by atoms with Crippen molar-refractivity contribution >= 4 is 66.8 Å². The number of thiocarbonyl (C=S) groups is 1. The van der Waals surface area contributed by atoms with E-state index in [1.807, 2.05) is 0 Å². The molecule has 3 N–H and O–H groups in total. The summed E-state index contributed by atoms with van der Waals surface area (Å²) < 4.78 is 26.9. The van der Waals surface area contributed by atoms with E-state index in [4.69, 9.17) is 29.6 Å². The molecule has 0 aliphatic carbocycles. The molecule has 1 aromatic carbocycles. The summed E-state index contributed by atoms with van der Waals surface area (Å²) >= 11 is 12.4. The normalized spacial score (nSPS) is 11.7. The summed E-state index contributed by atoms with van der Waals surface area (Å²) in [5, 5.41) is 2.81. The van der Waals surface area contributed by atoms with Crippen LogP contribution in [0.3, 0.4) is 0 Å². The van der Waals surface area contributed by atoms with Crippen molar-refractivity contribution in [3.8, 4) is 0 Å². The Bertz CT molecular complexity index is 994. The molecule has 120 valence electrons. The van der Waals surface area contributed by atoms with Gasteiger partial charge in [0, 0.05) is 12.4 Å². The van der Waals surface area contributed by atoms with Gasteiger partial charge in [-0.2, -0.15) is 0 Å². The van der Waals surface area contributed by atoms with Crippen LogP contribution in [0.1, 0.15) is 5.69 Å². The fourth-order valence-electron chi connectivity index (χ4n) is 2.27. The topological polar surface area (TPSA) is 79.2 Å². The van der Waals surface area contributed by atoms with E-state index < -0.39 is 10.0 Å². The van der Waals surface area contributed by atoms with Crippen LogP contribution in [0.5, 0.6) is 0 Å². The second-order valence-corrected chi connectivity index (χ2v) is 8.80. The highest BCUT2D eigenvalue weighted by Gasteiger charge is 2.26. The van der Waals surface area contributed by atoms with E-state index in [2.05, 4.69) is 4.98 Å². The van der Waals surface area contributed by atoms with Gasteiger partial charge in [0.2, 0.25) is 0 Å². The lowest BCUT2D eigenvalue weighted by Gasteiger charge is -2.20. The van der Waals surface area contributed by atoms with E-state index >= 15 is 0 Å². The minimum absolute atomic E-state index is 0.201. The van der Waals surface area contributed by atoms with Crippen LogP contribution in [0.15, 0.2) is 39.9 Å². The number of nitrogens with zero attached hydrogens (tertiary/aromatic N) is 1. The number of rotatable bonds is 4. The maximum atomic E-state index is 12.7. The van der Waals surface area contributed by atoms with Crippen LogP contribution in [-0.4, -0.2) is 25.4 Å². The largest absolute Gasteiger partial charge is 0.388 e. The van der Waals surface area contributed by atoms with Gasteiger partial charge in [0.1, 0.15) is 9.20 Å². The molecular formula is C14H12ClN3O2S3. The average Bonchev–Trinajstić information content (AvgIpc) is 3.15. The summed E-state index contributed by atoms with van der Waals surface area (Å²) in [6.45, 7) is 0. The zero-order chi connectivity index (χ0) is 16.8. The van der Waals surface area contributed by atoms with Crippen LogP contribution in [0.4, 0.5) is 5.69 Å². The monoisotopic (exact) mass is 385 g/mol. The van der Waals surface area contributed by atoms with Crippen molar-refractivity contribution in [2.24, 2.45) is 5.73 Å². The van der Waals surface area contributed by atoms with Gasteiger partial charge < -0.3 is 10.7 Å². The average molecular weight is 386 g/mol. The number of halogens is 1. The number of nitrogens with two attached hydrogens (primary N) is 1. The quantitative estimate of drug-likeness (QED) is 0.675.